The van der Waals surface area contributed by atoms with Crippen molar-refractivity contribution in [2.24, 2.45) is 4.99 Å². The van der Waals surface area contributed by atoms with Crippen molar-refractivity contribution >= 4 is 22.8 Å². The van der Waals surface area contributed by atoms with Gasteiger partial charge < -0.3 is 9.30 Å². The van der Waals surface area contributed by atoms with E-state index >= 15 is 0 Å². The Morgan fingerprint density at radius 1 is 1.12 bits per heavy atom. The number of methoxy groups -OCH3 is 1. The Labute approximate surface area is 144 Å². The summed E-state index contributed by atoms with van der Waals surface area (Å²) in [5, 5.41) is 2.02. The normalized spacial score (nSPS) is 11.5. The minimum absolute atomic E-state index is 0.0497. The molecule has 0 aliphatic heterocycles. The van der Waals surface area contributed by atoms with Crippen molar-refractivity contribution in [2.45, 2.75) is 13.5 Å². The van der Waals surface area contributed by atoms with Crippen molar-refractivity contribution in [2.75, 3.05) is 7.11 Å². The molecule has 3 aromatic rings. The number of nitrogens with zero attached hydrogens (tertiary/aromatic N) is 2. The summed E-state index contributed by atoms with van der Waals surface area (Å²) in [5.41, 5.74) is 2.57. The Morgan fingerprint density at radius 2 is 1.83 bits per heavy atom. The van der Waals surface area contributed by atoms with Crippen molar-refractivity contribution in [3.63, 3.8) is 0 Å². The van der Waals surface area contributed by atoms with Gasteiger partial charge in [-0.3, -0.25) is 4.79 Å². The van der Waals surface area contributed by atoms with E-state index < -0.39 is 0 Å². The Balaban J connectivity index is 1.88. The highest BCUT2D eigenvalue weighted by molar-refractivity contribution is 7.07. The molecular weight excluding hydrogens is 320 g/mol. The van der Waals surface area contributed by atoms with Gasteiger partial charge in [0.1, 0.15) is 5.75 Å². The fourth-order valence-electron chi connectivity index (χ4n) is 2.32. The predicted octanol–water partition coefficient (Wildman–Crippen LogP) is 3.98. The summed E-state index contributed by atoms with van der Waals surface area (Å²) < 4.78 is 7.08. The van der Waals surface area contributed by atoms with E-state index in [2.05, 4.69) is 4.99 Å². The zero-order chi connectivity index (χ0) is 16.9. The highest BCUT2D eigenvalue weighted by Gasteiger charge is 2.10. The summed E-state index contributed by atoms with van der Waals surface area (Å²) in [7, 11) is 1.61. The molecule has 1 aromatic heterocycles. The van der Waals surface area contributed by atoms with Crippen molar-refractivity contribution < 1.29 is 9.53 Å². The van der Waals surface area contributed by atoms with E-state index in [0.717, 1.165) is 21.9 Å². The molecule has 0 bridgehead atoms. The van der Waals surface area contributed by atoms with E-state index in [1.165, 1.54) is 11.3 Å². The molecule has 0 unspecified atom stereocenters. The van der Waals surface area contributed by atoms with Crippen molar-refractivity contribution in [1.29, 1.82) is 0 Å². The Kier molecular flexibility index (Phi) is 4.91. The molecular formula is C19H18N2O2S. The highest BCUT2D eigenvalue weighted by atomic mass is 32.1. The molecule has 0 spiro atoms. The fourth-order valence-corrected chi connectivity index (χ4v) is 3.22. The molecule has 0 N–H and O–H groups in total. The second-order valence-electron chi connectivity index (χ2n) is 5.34. The summed E-state index contributed by atoms with van der Waals surface area (Å²) >= 11 is 1.54. The van der Waals surface area contributed by atoms with Crippen LogP contribution in [0, 0.1) is 6.92 Å². The maximum absolute atomic E-state index is 12.6. The lowest BCUT2D eigenvalue weighted by atomic mass is 10.1. The van der Waals surface area contributed by atoms with Crippen molar-refractivity contribution in [3.05, 3.63) is 76.0 Å². The second kappa shape index (κ2) is 7.27. The molecule has 0 saturated carbocycles. The minimum atomic E-state index is 0.0497. The first kappa shape index (κ1) is 16.2. The van der Waals surface area contributed by atoms with Crippen LogP contribution in [0.5, 0.6) is 5.75 Å². The molecule has 0 atom stereocenters. The third kappa shape index (κ3) is 3.63. The predicted molar refractivity (Wildman–Crippen MR) is 96.0 cm³/mol. The number of benzene rings is 2. The van der Waals surface area contributed by atoms with Crippen LogP contribution in [-0.2, 0) is 6.54 Å². The first-order valence-electron chi connectivity index (χ1n) is 7.59. The molecule has 0 aliphatic carbocycles. The number of ether oxygens (including phenoxy) is 1. The lowest BCUT2D eigenvalue weighted by molar-refractivity contribution is 0.0970. The maximum atomic E-state index is 12.6. The van der Waals surface area contributed by atoms with Crippen LogP contribution in [0.4, 0.5) is 5.69 Å². The summed E-state index contributed by atoms with van der Waals surface area (Å²) in [5.74, 6) is 0.791. The van der Waals surface area contributed by atoms with E-state index in [9.17, 15) is 4.79 Å². The van der Waals surface area contributed by atoms with E-state index in [1.54, 1.807) is 31.4 Å². The summed E-state index contributed by atoms with van der Waals surface area (Å²) in [6.45, 7) is 2.26. The molecule has 5 heteroatoms. The number of hydrogen-bond acceptors (Lipinski definition) is 4. The number of ketones is 1. The van der Waals surface area contributed by atoms with Crippen LogP contribution in [0.2, 0.25) is 0 Å². The number of carbonyl (C=O) groups is 1. The van der Waals surface area contributed by atoms with Gasteiger partial charge in [0.15, 0.2) is 10.6 Å². The molecule has 122 valence electrons. The molecule has 0 aliphatic rings. The van der Waals surface area contributed by atoms with E-state index in [-0.39, 0.29) is 12.3 Å². The van der Waals surface area contributed by atoms with Gasteiger partial charge in [-0.2, -0.15) is 0 Å². The molecule has 0 amide bonds. The summed E-state index contributed by atoms with van der Waals surface area (Å²) in [4.78, 5) is 18.0. The average molecular weight is 338 g/mol. The molecule has 0 fully saturated rings. The lowest BCUT2D eigenvalue weighted by Gasteiger charge is -2.06. The van der Waals surface area contributed by atoms with Gasteiger partial charge in [-0.15, -0.1) is 11.3 Å². The zero-order valence-corrected chi connectivity index (χ0v) is 14.4. The van der Waals surface area contributed by atoms with Gasteiger partial charge in [-0.05, 0) is 43.3 Å². The van der Waals surface area contributed by atoms with Crippen molar-refractivity contribution in [3.8, 4) is 5.75 Å². The minimum Gasteiger partial charge on any atom is -0.497 e. The van der Waals surface area contributed by atoms with Gasteiger partial charge in [-0.25, -0.2) is 4.99 Å². The van der Waals surface area contributed by atoms with Crippen LogP contribution >= 0.6 is 11.3 Å². The number of rotatable bonds is 5. The third-order valence-electron chi connectivity index (χ3n) is 3.69. The van der Waals surface area contributed by atoms with Gasteiger partial charge in [0.05, 0.1) is 19.3 Å². The van der Waals surface area contributed by atoms with Crippen LogP contribution in [0.25, 0.3) is 0 Å². The van der Waals surface area contributed by atoms with Gasteiger partial charge in [0.25, 0.3) is 0 Å². The molecule has 0 radical (unpaired) electrons. The van der Waals surface area contributed by atoms with Crippen LogP contribution in [0.1, 0.15) is 16.1 Å². The third-order valence-corrected chi connectivity index (χ3v) is 4.67. The lowest BCUT2D eigenvalue weighted by Crippen LogP contribution is -2.21. The number of carbonyl (C=O) groups excluding carboxylic acids is 1. The molecule has 3 rings (SSSR count). The number of aryl methyl sites for hydroxylation is 1. The van der Waals surface area contributed by atoms with Crippen molar-refractivity contribution in [1.82, 2.24) is 4.57 Å². The molecule has 24 heavy (non-hydrogen) atoms. The first-order chi connectivity index (χ1) is 11.7. The molecule has 2 aromatic carbocycles. The van der Waals surface area contributed by atoms with Gasteiger partial charge in [0.2, 0.25) is 0 Å². The number of hydrogen-bond donors (Lipinski definition) is 0. The van der Waals surface area contributed by atoms with Crippen LogP contribution in [0.15, 0.2) is 65.0 Å². The van der Waals surface area contributed by atoms with Crippen LogP contribution < -0.4 is 9.54 Å². The number of aromatic nitrogens is 1. The topological polar surface area (TPSA) is 43.6 Å². The average Bonchev–Trinajstić information content (AvgIpc) is 2.96. The fraction of sp³-hybridized carbons (Fsp3) is 0.158. The highest BCUT2D eigenvalue weighted by Crippen LogP contribution is 2.14. The molecule has 0 saturated heterocycles. The van der Waals surface area contributed by atoms with Gasteiger partial charge >= 0.3 is 0 Å². The largest absolute Gasteiger partial charge is 0.497 e. The maximum Gasteiger partial charge on any atom is 0.190 e. The van der Waals surface area contributed by atoms with E-state index in [0.29, 0.717) is 5.56 Å². The van der Waals surface area contributed by atoms with Crippen LogP contribution in [0.3, 0.4) is 0 Å². The zero-order valence-electron chi connectivity index (χ0n) is 13.6. The summed E-state index contributed by atoms with van der Waals surface area (Å²) in [6, 6.07) is 16.9. The van der Waals surface area contributed by atoms with E-state index in [1.807, 2.05) is 47.2 Å². The number of Topliss-reactive ketones (excluding diaryl/α,β-unsaturated/α-hetero) is 1. The summed E-state index contributed by atoms with van der Waals surface area (Å²) in [6.07, 6.45) is 0. The monoisotopic (exact) mass is 338 g/mol. The first-order valence-corrected chi connectivity index (χ1v) is 8.47. The number of thiazole rings is 1. The second-order valence-corrected chi connectivity index (χ2v) is 6.18. The number of para-hydroxylation sites is 1. The molecule has 1 heterocycles. The van der Waals surface area contributed by atoms with Gasteiger partial charge in [-0.1, -0.05) is 18.2 Å². The Hall–Kier alpha value is -2.66. The smallest absolute Gasteiger partial charge is 0.190 e. The van der Waals surface area contributed by atoms with Gasteiger partial charge in [0, 0.05) is 16.6 Å². The SMILES string of the molecule is COc1ccc(C(=O)Cn2c(C)csc2=Nc2ccccc2)cc1. The standard InChI is InChI=1S/C19H18N2O2S/c1-14-13-24-19(20-16-6-4-3-5-7-16)21(14)12-18(22)15-8-10-17(23-2)11-9-15/h3-11,13H,12H2,1-2H3. The Morgan fingerprint density at radius 3 is 2.50 bits per heavy atom. The van der Waals surface area contributed by atoms with Crippen LogP contribution in [-0.4, -0.2) is 17.5 Å². The quantitative estimate of drug-likeness (QED) is 0.660. The van der Waals surface area contributed by atoms with E-state index in [4.69, 9.17) is 4.74 Å². The Bertz CT molecular complexity index is 893. The molecule has 4 nitrogen and oxygen atoms in total.